The van der Waals surface area contributed by atoms with Gasteiger partial charge in [0.25, 0.3) is 5.91 Å². The van der Waals surface area contributed by atoms with Crippen molar-refractivity contribution in [2.24, 2.45) is 0 Å². The van der Waals surface area contributed by atoms with E-state index in [0.29, 0.717) is 23.6 Å². The largest absolute Gasteiger partial charge is 0.491 e. The van der Waals surface area contributed by atoms with Gasteiger partial charge < -0.3 is 10.1 Å². The van der Waals surface area contributed by atoms with E-state index < -0.39 is 0 Å². The standard InChI is InChI=1S/C16H15BrINO2/c1-2-9-21-15-6-4-3-5-14(15)19-16(20)12-10-11(17)7-8-13(12)18/h3-8,10H,2,9H2,1H3,(H,19,20). The van der Waals surface area contributed by atoms with Crippen molar-refractivity contribution in [1.82, 2.24) is 0 Å². The van der Waals surface area contributed by atoms with Crippen LogP contribution in [0.4, 0.5) is 5.69 Å². The minimum absolute atomic E-state index is 0.145. The lowest BCUT2D eigenvalue weighted by Gasteiger charge is -2.12. The third-order valence-electron chi connectivity index (χ3n) is 2.77. The van der Waals surface area contributed by atoms with Crippen LogP contribution >= 0.6 is 38.5 Å². The highest BCUT2D eigenvalue weighted by atomic mass is 127. The zero-order chi connectivity index (χ0) is 15.2. The molecule has 0 heterocycles. The van der Waals surface area contributed by atoms with Gasteiger partial charge in [-0.1, -0.05) is 35.0 Å². The highest BCUT2D eigenvalue weighted by molar-refractivity contribution is 14.1. The Hall–Kier alpha value is -1.08. The highest BCUT2D eigenvalue weighted by Crippen LogP contribution is 2.26. The second-order valence-corrected chi connectivity index (χ2v) is 6.50. The summed E-state index contributed by atoms with van der Waals surface area (Å²) in [5, 5.41) is 2.91. The van der Waals surface area contributed by atoms with Crippen LogP contribution < -0.4 is 10.1 Å². The number of amides is 1. The molecule has 0 saturated heterocycles. The Balaban J connectivity index is 2.21. The van der Waals surface area contributed by atoms with E-state index in [-0.39, 0.29) is 5.91 Å². The predicted octanol–water partition coefficient (Wildman–Crippen LogP) is 5.09. The van der Waals surface area contributed by atoms with E-state index in [9.17, 15) is 4.79 Å². The summed E-state index contributed by atoms with van der Waals surface area (Å²) in [5.41, 5.74) is 1.32. The fourth-order valence-corrected chi connectivity index (χ4v) is 2.71. The van der Waals surface area contributed by atoms with Crippen LogP contribution in [0.5, 0.6) is 5.75 Å². The first-order valence-electron chi connectivity index (χ1n) is 6.60. The summed E-state index contributed by atoms with van der Waals surface area (Å²) in [7, 11) is 0. The number of hydrogen-bond acceptors (Lipinski definition) is 2. The summed E-state index contributed by atoms with van der Waals surface area (Å²) in [6, 6.07) is 13.1. The Labute approximate surface area is 146 Å². The molecule has 2 rings (SSSR count). The quantitative estimate of drug-likeness (QED) is 0.632. The molecule has 0 unspecified atom stereocenters. The zero-order valence-electron chi connectivity index (χ0n) is 11.5. The first-order chi connectivity index (χ1) is 10.1. The SMILES string of the molecule is CCCOc1ccccc1NC(=O)c1cc(Br)ccc1I. The molecule has 1 N–H and O–H groups in total. The second-order valence-electron chi connectivity index (χ2n) is 4.42. The van der Waals surface area contributed by atoms with Crippen LogP contribution in [0.2, 0.25) is 0 Å². The van der Waals surface area contributed by atoms with Crippen LogP contribution in [0.25, 0.3) is 0 Å². The topological polar surface area (TPSA) is 38.3 Å². The predicted molar refractivity (Wildman–Crippen MR) is 97.0 cm³/mol. The number of carbonyl (C=O) groups is 1. The maximum atomic E-state index is 12.4. The van der Waals surface area contributed by atoms with Crippen LogP contribution in [0, 0.1) is 3.57 Å². The Kier molecular flexibility index (Phi) is 6.05. The lowest BCUT2D eigenvalue weighted by Crippen LogP contribution is -2.14. The van der Waals surface area contributed by atoms with Gasteiger partial charge in [0.05, 0.1) is 17.9 Å². The Morgan fingerprint density at radius 2 is 2.05 bits per heavy atom. The summed E-state index contributed by atoms with van der Waals surface area (Å²) in [5.74, 6) is 0.547. The van der Waals surface area contributed by atoms with Gasteiger partial charge in [0, 0.05) is 8.04 Å². The van der Waals surface area contributed by atoms with E-state index in [1.807, 2.05) is 49.4 Å². The Bertz CT molecular complexity index is 646. The van der Waals surface area contributed by atoms with Gasteiger partial charge >= 0.3 is 0 Å². The number of ether oxygens (including phenoxy) is 1. The van der Waals surface area contributed by atoms with Crippen molar-refractivity contribution in [2.45, 2.75) is 13.3 Å². The molecule has 0 radical (unpaired) electrons. The molecule has 0 saturated carbocycles. The number of hydrogen-bond donors (Lipinski definition) is 1. The fraction of sp³-hybridized carbons (Fsp3) is 0.188. The molecule has 0 aliphatic carbocycles. The zero-order valence-corrected chi connectivity index (χ0v) is 15.3. The van der Waals surface area contributed by atoms with Crippen molar-refractivity contribution >= 4 is 50.1 Å². The van der Waals surface area contributed by atoms with Gasteiger partial charge in [0.1, 0.15) is 5.75 Å². The number of halogens is 2. The molecule has 2 aromatic rings. The molecule has 0 atom stereocenters. The molecule has 21 heavy (non-hydrogen) atoms. The molecule has 0 aliphatic heterocycles. The maximum Gasteiger partial charge on any atom is 0.256 e. The van der Waals surface area contributed by atoms with E-state index in [1.165, 1.54) is 0 Å². The number of benzene rings is 2. The smallest absolute Gasteiger partial charge is 0.256 e. The molecule has 0 spiro atoms. The van der Waals surface area contributed by atoms with Crippen LogP contribution in [0.15, 0.2) is 46.9 Å². The minimum atomic E-state index is -0.145. The minimum Gasteiger partial charge on any atom is -0.491 e. The molecular formula is C16H15BrINO2. The summed E-state index contributed by atoms with van der Waals surface area (Å²) in [6.45, 7) is 2.67. The normalized spacial score (nSPS) is 10.2. The van der Waals surface area contributed by atoms with Crippen LogP contribution in [-0.4, -0.2) is 12.5 Å². The number of nitrogens with one attached hydrogen (secondary N) is 1. The fourth-order valence-electron chi connectivity index (χ4n) is 1.77. The van der Waals surface area contributed by atoms with Crippen molar-refractivity contribution < 1.29 is 9.53 Å². The molecule has 0 fully saturated rings. The lowest BCUT2D eigenvalue weighted by atomic mass is 10.2. The van der Waals surface area contributed by atoms with Crippen molar-refractivity contribution in [3.05, 3.63) is 56.1 Å². The van der Waals surface area contributed by atoms with Crippen molar-refractivity contribution in [2.75, 3.05) is 11.9 Å². The van der Waals surface area contributed by atoms with Gasteiger partial charge in [-0.05, 0) is 59.3 Å². The molecular weight excluding hydrogens is 445 g/mol. The van der Waals surface area contributed by atoms with Gasteiger partial charge in [-0.3, -0.25) is 4.79 Å². The van der Waals surface area contributed by atoms with Crippen LogP contribution in [0.3, 0.4) is 0 Å². The third-order valence-corrected chi connectivity index (χ3v) is 4.20. The molecule has 3 nitrogen and oxygen atoms in total. The summed E-state index contributed by atoms with van der Waals surface area (Å²) in [4.78, 5) is 12.4. The molecule has 0 aromatic heterocycles. The molecule has 5 heteroatoms. The molecule has 1 amide bonds. The highest BCUT2D eigenvalue weighted by Gasteiger charge is 2.13. The van der Waals surface area contributed by atoms with Gasteiger partial charge in [0.2, 0.25) is 0 Å². The second kappa shape index (κ2) is 7.79. The van der Waals surface area contributed by atoms with Gasteiger partial charge in [-0.25, -0.2) is 0 Å². The van der Waals surface area contributed by atoms with Gasteiger partial charge in [0.15, 0.2) is 0 Å². The van der Waals surface area contributed by atoms with Crippen molar-refractivity contribution in [3.8, 4) is 5.75 Å². The molecule has 2 aromatic carbocycles. The number of rotatable bonds is 5. The Morgan fingerprint density at radius 3 is 2.81 bits per heavy atom. The third kappa shape index (κ3) is 4.44. The first kappa shape index (κ1) is 16.3. The maximum absolute atomic E-state index is 12.4. The molecule has 110 valence electrons. The molecule has 0 bridgehead atoms. The summed E-state index contributed by atoms with van der Waals surface area (Å²) < 4.78 is 7.43. The van der Waals surface area contributed by atoms with E-state index >= 15 is 0 Å². The summed E-state index contributed by atoms with van der Waals surface area (Å²) in [6.07, 6.45) is 0.922. The van der Waals surface area contributed by atoms with E-state index in [0.717, 1.165) is 14.5 Å². The lowest BCUT2D eigenvalue weighted by molar-refractivity contribution is 0.102. The number of para-hydroxylation sites is 2. The summed E-state index contributed by atoms with van der Waals surface area (Å²) >= 11 is 5.54. The van der Waals surface area contributed by atoms with Crippen LogP contribution in [-0.2, 0) is 0 Å². The van der Waals surface area contributed by atoms with Gasteiger partial charge in [-0.15, -0.1) is 0 Å². The van der Waals surface area contributed by atoms with E-state index in [1.54, 1.807) is 0 Å². The van der Waals surface area contributed by atoms with E-state index in [2.05, 4.69) is 43.8 Å². The number of carbonyl (C=O) groups excluding carboxylic acids is 1. The number of anilines is 1. The van der Waals surface area contributed by atoms with Gasteiger partial charge in [-0.2, -0.15) is 0 Å². The Morgan fingerprint density at radius 1 is 1.29 bits per heavy atom. The van der Waals surface area contributed by atoms with E-state index in [4.69, 9.17) is 4.74 Å². The average Bonchev–Trinajstić information content (AvgIpc) is 2.48. The van der Waals surface area contributed by atoms with Crippen LogP contribution in [0.1, 0.15) is 23.7 Å². The first-order valence-corrected chi connectivity index (χ1v) is 8.47. The monoisotopic (exact) mass is 459 g/mol. The average molecular weight is 460 g/mol. The van der Waals surface area contributed by atoms with Crippen molar-refractivity contribution in [1.29, 1.82) is 0 Å². The van der Waals surface area contributed by atoms with Crippen molar-refractivity contribution in [3.63, 3.8) is 0 Å². The molecule has 0 aliphatic rings.